The molecule has 2 atom stereocenters. The van der Waals surface area contributed by atoms with Crippen molar-refractivity contribution in [3.8, 4) is 0 Å². The molecule has 0 aliphatic heterocycles. The Bertz CT molecular complexity index is 66.8. The Morgan fingerprint density at radius 1 is 1.62 bits per heavy atom. The second-order valence-corrected chi connectivity index (χ2v) is 2.30. The van der Waals surface area contributed by atoms with E-state index in [1.165, 1.54) is 0 Å². The molecule has 0 bridgehead atoms. The maximum absolute atomic E-state index is 8.81. The summed E-state index contributed by atoms with van der Waals surface area (Å²) in [5.41, 5.74) is 0. The van der Waals surface area contributed by atoms with Crippen molar-refractivity contribution in [2.75, 3.05) is 0 Å². The summed E-state index contributed by atoms with van der Waals surface area (Å²) >= 11 is 0. The average molecular weight is 114 g/mol. The van der Waals surface area contributed by atoms with Gasteiger partial charge in [0, 0.05) is 0 Å². The first-order valence-electron chi connectivity index (χ1n) is 2.97. The van der Waals surface area contributed by atoms with Crippen LogP contribution in [0.1, 0.15) is 20.3 Å². The molecule has 48 valence electrons. The molecule has 0 aromatic rings. The molecule has 0 spiro atoms. The van der Waals surface area contributed by atoms with E-state index in [4.69, 9.17) is 5.11 Å². The minimum Gasteiger partial charge on any atom is -0.393 e. The SMILES string of the molecule is C=C[C@H](C)C[C@@H](C)O. The highest BCUT2D eigenvalue weighted by Crippen LogP contribution is 2.04. The molecule has 0 saturated carbocycles. The maximum atomic E-state index is 8.81. The van der Waals surface area contributed by atoms with Gasteiger partial charge in [0.2, 0.25) is 0 Å². The van der Waals surface area contributed by atoms with Crippen LogP contribution in [0, 0.1) is 5.92 Å². The Hall–Kier alpha value is -0.300. The topological polar surface area (TPSA) is 20.2 Å². The molecule has 8 heavy (non-hydrogen) atoms. The second-order valence-electron chi connectivity index (χ2n) is 2.30. The number of aliphatic hydroxyl groups is 1. The van der Waals surface area contributed by atoms with E-state index in [-0.39, 0.29) is 6.10 Å². The molecule has 0 aliphatic carbocycles. The van der Waals surface area contributed by atoms with E-state index >= 15 is 0 Å². The van der Waals surface area contributed by atoms with Crippen molar-refractivity contribution in [3.63, 3.8) is 0 Å². The van der Waals surface area contributed by atoms with Crippen molar-refractivity contribution in [1.29, 1.82) is 0 Å². The van der Waals surface area contributed by atoms with Gasteiger partial charge in [-0.1, -0.05) is 13.0 Å². The van der Waals surface area contributed by atoms with E-state index in [1.54, 1.807) is 6.92 Å². The minimum atomic E-state index is -0.192. The van der Waals surface area contributed by atoms with Crippen molar-refractivity contribution in [3.05, 3.63) is 12.7 Å². The molecule has 0 saturated heterocycles. The predicted molar refractivity (Wildman–Crippen MR) is 35.7 cm³/mol. The van der Waals surface area contributed by atoms with Gasteiger partial charge in [-0.2, -0.15) is 0 Å². The Morgan fingerprint density at radius 3 is 2.25 bits per heavy atom. The van der Waals surface area contributed by atoms with Crippen LogP contribution in [0.25, 0.3) is 0 Å². The van der Waals surface area contributed by atoms with Gasteiger partial charge in [0.05, 0.1) is 6.10 Å². The summed E-state index contributed by atoms with van der Waals surface area (Å²) in [6.07, 6.45) is 2.49. The van der Waals surface area contributed by atoms with Gasteiger partial charge in [-0.05, 0) is 19.3 Å². The number of aliphatic hydroxyl groups excluding tert-OH is 1. The quantitative estimate of drug-likeness (QED) is 0.552. The molecule has 0 unspecified atom stereocenters. The van der Waals surface area contributed by atoms with E-state index < -0.39 is 0 Å². The van der Waals surface area contributed by atoms with Gasteiger partial charge < -0.3 is 5.11 Å². The number of rotatable bonds is 3. The molecule has 1 N–H and O–H groups in total. The lowest BCUT2D eigenvalue weighted by Gasteiger charge is -2.06. The number of allylic oxidation sites excluding steroid dienone is 1. The van der Waals surface area contributed by atoms with Gasteiger partial charge in [-0.25, -0.2) is 0 Å². The van der Waals surface area contributed by atoms with Crippen LogP contribution in [0.3, 0.4) is 0 Å². The van der Waals surface area contributed by atoms with Crippen molar-refractivity contribution in [2.45, 2.75) is 26.4 Å². The lowest BCUT2D eigenvalue weighted by Crippen LogP contribution is -2.04. The zero-order valence-corrected chi connectivity index (χ0v) is 5.59. The van der Waals surface area contributed by atoms with Crippen LogP contribution in [-0.4, -0.2) is 11.2 Å². The van der Waals surface area contributed by atoms with Gasteiger partial charge in [0.15, 0.2) is 0 Å². The smallest absolute Gasteiger partial charge is 0.0517 e. The summed E-state index contributed by atoms with van der Waals surface area (Å²) in [5.74, 6) is 0.440. The summed E-state index contributed by atoms with van der Waals surface area (Å²) in [6, 6.07) is 0. The molecule has 0 radical (unpaired) electrons. The van der Waals surface area contributed by atoms with Gasteiger partial charge in [0.1, 0.15) is 0 Å². The minimum absolute atomic E-state index is 0.192. The zero-order valence-electron chi connectivity index (χ0n) is 5.59. The molecule has 0 aromatic heterocycles. The molecule has 0 aromatic carbocycles. The summed E-state index contributed by atoms with van der Waals surface area (Å²) < 4.78 is 0. The van der Waals surface area contributed by atoms with Gasteiger partial charge in [-0.3, -0.25) is 0 Å². The van der Waals surface area contributed by atoms with Crippen LogP contribution in [0.2, 0.25) is 0 Å². The maximum Gasteiger partial charge on any atom is 0.0517 e. The first-order chi connectivity index (χ1) is 3.66. The molecular formula is C7H14O. The van der Waals surface area contributed by atoms with Gasteiger partial charge in [0.25, 0.3) is 0 Å². The number of hydrogen-bond acceptors (Lipinski definition) is 1. The largest absolute Gasteiger partial charge is 0.393 e. The van der Waals surface area contributed by atoms with E-state index in [0.29, 0.717) is 5.92 Å². The molecule has 0 rings (SSSR count). The average Bonchev–Trinajstić information content (AvgIpc) is 1.65. The Morgan fingerprint density at radius 2 is 2.12 bits per heavy atom. The molecule has 1 heteroatoms. The Kier molecular flexibility index (Phi) is 3.53. The van der Waals surface area contributed by atoms with E-state index in [0.717, 1.165) is 6.42 Å². The third kappa shape index (κ3) is 3.88. The van der Waals surface area contributed by atoms with Crippen LogP contribution in [0.4, 0.5) is 0 Å². The van der Waals surface area contributed by atoms with Crippen LogP contribution in [0.15, 0.2) is 12.7 Å². The summed E-state index contributed by atoms with van der Waals surface area (Å²) in [4.78, 5) is 0. The summed E-state index contributed by atoms with van der Waals surface area (Å²) in [7, 11) is 0. The highest BCUT2D eigenvalue weighted by atomic mass is 16.3. The Labute approximate surface area is 51.0 Å². The molecule has 1 nitrogen and oxygen atoms in total. The van der Waals surface area contributed by atoms with Crippen molar-refractivity contribution in [1.82, 2.24) is 0 Å². The van der Waals surface area contributed by atoms with Crippen molar-refractivity contribution in [2.24, 2.45) is 5.92 Å². The van der Waals surface area contributed by atoms with Crippen LogP contribution in [-0.2, 0) is 0 Å². The first-order valence-corrected chi connectivity index (χ1v) is 2.97. The second kappa shape index (κ2) is 3.67. The van der Waals surface area contributed by atoms with Crippen molar-refractivity contribution < 1.29 is 5.11 Å². The normalized spacial score (nSPS) is 17.4. The summed E-state index contributed by atoms with van der Waals surface area (Å²) in [5, 5.41) is 8.81. The van der Waals surface area contributed by atoms with Crippen LogP contribution < -0.4 is 0 Å². The Balaban J connectivity index is 3.23. The fourth-order valence-electron chi connectivity index (χ4n) is 0.634. The monoisotopic (exact) mass is 114 g/mol. The van der Waals surface area contributed by atoms with Crippen molar-refractivity contribution >= 4 is 0 Å². The zero-order chi connectivity index (χ0) is 6.57. The molecule has 0 aliphatic rings. The van der Waals surface area contributed by atoms with Crippen LogP contribution >= 0.6 is 0 Å². The molecular weight excluding hydrogens is 100 g/mol. The van der Waals surface area contributed by atoms with E-state index in [1.807, 2.05) is 13.0 Å². The highest BCUT2D eigenvalue weighted by molar-refractivity contribution is 4.75. The van der Waals surface area contributed by atoms with E-state index in [9.17, 15) is 0 Å². The van der Waals surface area contributed by atoms with Gasteiger partial charge in [-0.15, -0.1) is 6.58 Å². The molecule has 0 fully saturated rings. The standard InChI is InChI=1S/C7H14O/c1-4-6(2)5-7(3)8/h4,6-8H,1,5H2,2-3H3/t6-,7+/m0/s1. The summed E-state index contributed by atoms with van der Waals surface area (Å²) in [6.45, 7) is 7.44. The first kappa shape index (κ1) is 7.70. The lowest BCUT2D eigenvalue weighted by molar-refractivity contribution is 0.172. The van der Waals surface area contributed by atoms with Gasteiger partial charge >= 0.3 is 0 Å². The fraction of sp³-hybridized carbons (Fsp3) is 0.714. The fourth-order valence-corrected chi connectivity index (χ4v) is 0.634. The lowest BCUT2D eigenvalue weighted by atomic mass is 10.1. The third-order valence-corrected chi connectivity index (χ3v) is 1.12. The number of hydrogen-bond donors (Lipinski definition) is 1. The highest BCUT2D eigenvalue weighted by Gasteiger charge is 1.99. The van der Waals surface area contributed by atoms with E-state index in [2.05, 4.69) is 6.58 Å². The molecule has 0 amide bonds. The third-order valence-electron chi connectivity index (χ3n) is 1.12. The van der Waals surface area contributed by atoms with Crippen LogP contribution in [0.5, 0.6) is 0 Å². The molecule has 0 heterocycles. The predicted octanol–water partition coefficient (Wildman–Crippen LogP) is 1.58.